The van der Waals surface area contributed by atoms with E-state index in [-0.39, 0.29) is 6.10 Å². The Labute approximate surface area is 72.0 Å². The summed E-state index contributed by atoms with van der Waals surface area (Å²) in [5.74, 6) is 0.651. The van der Waals surface area contributed by atoms with Crippen LogP contribution >= 0.6 is 12.6 Å². The van der Waals surface area contributed by atoms with E-state index in [2.05, 4.69) is 17.6 Å². The van der Waals surface area contributed by atoms with E-state index in [1.165, 1.54) is 0 Å². The van der Waals surface area contributed by atoms with Gasteiger partial charge in [0.05, 0.1) is 6.10 Å². The Balaban J connectivity index is 2.66. The van der Waals surface area contributed by atoms with Gasteiger partial charge in [0.2, 0.25) is 5.88 Å². The molecule has 0 fully saturated rings. The van der Waals surface area contributed by atoms with Crippen molar-refractivity contribution in [1.29, 1.82) is 0 Å². The topological polar surface area (TPSA) is 22.1 Å². The first kappa shape index (κ1) is 8.40. The lowest BCUT2D eigenvalue weighted by atomic mass is 10.4. The largest absolute Gasteiger partial charge is 0.475 e. The number of aromatic nitrogens is 1. The van der Waals surface area contributed by atoms with Gasteiger partial charge in [-0.05, 0) is 19.9 Å². The van der Waals surface area contributed by atoms with E-state index in [0.29, 0.717) is 5.88 Å². The van der Waals surface area contributed by atoms with Gasteiger partial charge in [0.25, 0.3) is 0 Å². The molecule has 0 saturated carbocycles. The molecular weight excluding hydrogens is 158 g/mol. The molecule has 0 bridgehead atoms. The molecule has 0 atom stereocenters. The fraction of sp³-hybridized carbons (Fsp3) is 0.375. The van der Waals surface area contributed by atoms with Crippen molar-refractivity contribution in [3.05, 3.63) is 18.3 Å². The lowest BCUT2D eigenvalue weighted by Crippen LogP contribution is -2.06. The Hall–Kier alpha value is -0.700. The maximum atomic E-state index is 5.32. The fourth-order valence-corrected chi connectivity index (χ4v) is 0.816. The lowest BCUT2D eigenvalue weighted by molar-refractivity contribution is 0.232. The Morgan fingerprint density at radius 1 is 1.45 bits per heavy atom. The van der Waals surface area contributed by atoms with E-state index in [9.17, 15) is 0 Å². The lowest BCUT2D eigenvalue weighted by Gasteiger charge is -2.07. The Morgan fingerprint density at radius 3 is 2.64 bits per heavy atom. The number of pyridine rings is 1. The monoisotopic (exact) mass is 169 g/mol. The minimum absolute atomic E-state index is 0.174. The van der Waals surface area contributed by atoms with Gasteiger partial charge in [-0.25, -0.2) is 4.98 Å². The van der Waals surface area contributed by atoms with E-state index in [1.54, 1.807) is 6.20 Å². The first-order valence-corrected chi connectivity index (χ1v) is 3.95. The third-order valence-electron chi connectivity index (χ3n) is 1.08. The van der Waals surface area contributed by atoms with Crippen LogP contribution in [0.4, 0.5) is 0 Å². The Morgan fingerprint density at radius 2 is 2.18 bits per heavy atom. The fourth-order valence-electron chi connectivity index (χ4n) is 0.684. The van der Waals surface area contributed by atoms with Crippen molar-refractivity contribution in [1.82, 2.24) is 4.98 Å². The average Bonchev–Trinajstić information content (AvgIpc) is 1.93. The second-order valence-corrected chi connectivity index (χ2v) is 3.04. The number of thiol groups is 1. The van der Waals surface area contributed by atoms with Crippen LogP contribution in [0.2, 0.25) is 0 Å². The summed E-state index contributed by atoms with van der Waals surface area (Å²) in [6, 6.07) is 3.66. The molecule has 0 N–H and O–H groups in total. The predicted octanol–water partition coefficient (Wildman–Crippen LogP) is 2.16. The number of nitrogens with zero attached hydrogens (tertiary/aromatic N) is 1. The highest BCUT2D eigenvalue weighted by Crippen LogP contribution is 2.10. The van der Waals surface area contributed by atoms with Gasteiger partial charge in [-0.1, -0.05) is 0 Å². The molecule has 1 heterocycles. The maximum absolute atomic E-state index is 5.32. The molecule has 11 heavy (non-hydrogen) atoms. The van der Waals surface area contributed by atoms with Crippen LogP contribution < -0.4 is 4.74 Å². The summed E-state index contributed by atoms with van der Waals surface area (Å²) in [6.07, 6.45) is 1.84. The molecule has 0 unspecified atom stereocenters. The molecule has 0 aliphatic heterocycles. The Bertz CT molecular complexity index is 220. The van der Waals surface area contributed by atoms with E-state index in [0.717, 1.165) is 4.90 Å². The van der Waals surface area contributed by atoms with Crippen LogP contribution in [0.15, 0.2) is 23.2 Å². The van der Waals surface area contributed by atoms with Crippen molar-refractivity contribution < 1.29 is 4.74 Å². The molecule has 0 aliphatic rings. The van der Waals surface area contributed by atoms with Gasteiger partial charge < -0.3 is 4.74 Å². The number of hydrogen-bond donors (Lipinski definition) is 1. The average molecular weight is 169 g/mol. The highest BCUT2D eigenvalue weighted by Gasteiger charge is 1.96. The van der Waals surface area contributed by atoms with Gasteiger partial charge in [0.1, 0.15) is 0 Å². The molecule has 0 aliphatic carbocycles. The first-order valence-electron chi connectivity index (χ1n) is 3.50. The first-order chi connectivity index (χ1) is 5.18. The third kappa shape index (κ3) is 2.80. The summed E-state index contributed by atoms with van der Waals surface area (Å²) in [6.45, 7) is 3.94. The summed E-state index contributed by atoms with van der Waals surface area (Å²) >= 11 is 4.10. The van der Waals surface area contributed by atoms with Crippen LogP contribution in [0, 0.1) is 0 Å². The number of rotatable bonds is 2. The zero-order chi connectivity index (χ0) is 8.27. The molecule has 0 radical (unpaired) electrons. The minimum Gasteiger partial charge on any atom is -0.475 e. The summed E-state index contributed by atoms with van der Waals surface area (Å²) in [7, 11) is 0. The van der Waals surface area contributed by atoms with E-state index in [1.807, 2.05) is 26.0 Å². The minimum atomic E-state index is 0.174. The molecule has 0 saturated heterocycles. The van der Waals surface area contributed by atoms with Crippen LogP contribution in [0.3, 0.4) is 0 Å². The summed E-state index contributed by atoms with van der Waals surface area (Å²) in [5.41, 5.74) is 0. The zero-order valence-corrected chi connectivity index (χ0v) is 7.51. The molecule has 2 nitrogen and oxygen atoms in total. The van der Waals surface area contributed by atoms with Crippen molar-refractivity contribution in [2.45, 2.75) is 24.8 Å². The third-order valence-corrected chi connectivity index (χ3v) is 1.34. The Kier molecular flexibility index (Phi) is 2.76. The summed E-state index contributed by atoms with van der Waals surface area (Å²) in [5, 5.41) is 0. The van der Waals surface area contributed by atoms with Crippen LogP contribution in [-0.4, -0.2) is 11.1 Å². The van der Waals surface area contributed by atoms with Crippen LogP contribution in [0.25, 0.3) is 0 Å². The van der Waals surface area contributed by atoms with Crippen molar-refractivity contribution in [2.75, 3.05) is 0 Å². The molecule has 1 aromatic heterocycles. The molecule has 60 valence electrons. The standard InChI is InChI=1S/C8H11NOS/c1-6(2)10-8-4-3-7(11)5-9-8/h3-6,11H,1-2H3. The highest BCUT2D eigenvalue weighted by atomic mass is 32.1. The van der Waals surface area contributed by atoms with Gasteiger partial charge in [0, 0.05) is 17.2 Å². The quantitative estimate of drug-likeness (QED) is 0.685. The molecule has 0 amide bonds. The number of ether oxygens (including phenoxy) is 1. The van der Waals surface area contributed by atoms with E-state index in [4.69, 9.17) is 4.74 Å². The molecular formula is C8H11NOS. The van der Waals surface area contributed by atoms with Gasteiger partial charge in [-0.3, -0.25) is 0 Å². The second-order valence-electron chi connectivity index (χ2n) is 2.52. The molecule has 0 spiro atoms. The van der Waals surface area contributed by atoms with Gasteiger partial charge >= 0.3 is 0 Å². The number of hydrogen-bond acceptors (Lipinski definition) is 3. The van der Waals surface area contributed by atoms with Crippen molar-refractivity contribution in [2.24, 2.45) is 0 Å². The summed E-state index contributed by atoms with van der Waals surface area (Å²) in [4.78, 5) is 4.87. The van der Waals surface area contributed by atoms with Gasteiger partial charge in [-0.15, -0.1) is 12.6 Å². The maximum Gasteiger partial charge on any atom is 0.213 e. The second kappa shape index (κ2) is 3.62. The van der Waals surface area contributed by atoms with Crippen LogP contribution in [-0.2, 0) is 0 Å². The highest BCUT2D eigenvalue weighted by molar-refractivity contribution is 7.80. The van der Waals surface area contributed by atoms with Gasteiger partial charge in [-0.2, -0.15) is 0 Å². The van der Waals surface area contributed by atoms with E-state index >= 15 is 0 Å². The SMILES string of the molecule is CC(C)Oc1ccc(S)cn1. The predicted molar refractivity (Wildman–Crippen MR) is 47.3 cm³/mol. The molecule has 1 rings (SSSR count). The van der Waals surface area contributed by atoms with Crippen molar-refractivity contribution in [3.63, 3.8) is 0 Å². The normalized spacial score (nSPS) is 10.2. The zero-order valence-electron chi connectivity index (χ0n) is 6.61. The summed E-state index contributed by atoms with van der Waals surface area (Å²) < 4.78 is 5.32. The smallest absolute Gasteiger partial charge is 0.213 e. The molecule has 3 heteroatoms. The van der Waals surface area contributed by atoms with Crippen LogP contribution in [0.1, 0.15) is 13.8 Å². The van der Waals surface area contributed by atoms with E-state index < -0.39 is 0 Å². The van der Waals surface area contributed by atoms with Crippen molar-refractivity contribution in [3.8, 4) is 5.88 Å². The molecule has 1 aromatic rings. The van der Waals surface area contributed by atoms with Gasteiger partial charge in [0.15, 0.2) is 0 Å². The van der Waals surface area contributed by atoms with Crippen LogP contribution in [0.5, 0.6) is 5.88 Å². The van der Waals surface area contributed by atoms with Crippen molar-refractivity contribution >= 4 is 12.6 Å². The molecule has 0 aromatic carbocycles.